The van der Waals surface area contributed by atoms with Crippen LogP contribution < -0.4 is 5.56 Å². The molecule has 7 nitrogen and oxygen atoms in total. The van der Waals surface area contributed by atoms with Crippen molar-refractivity contribution in [3.8, 4) is 0 Å². The van der Waals surface area contributed by atoms with Crippen LogP contribution in [0.4, 0.5) is 0 Å². The standard InChI is InChI=1S/C14H12N4O3S/c19-11(20)9-22-14-16-15-12-13(21)17(6-7-18(12)14)8-10-4-2-1-3-5-10/h1-7H,8-9H2,(H,19,20). The van der Waals surface area contributed by atoms with Crippen LogP contribution in [0.2, 0.25) is 0 Å². The first-order valence-electron chi connectivity index (χ1n) is 6.48. The molecule has 8 heteroatoms. The number of hydrogen-bond donors (Lipinski definition) is 1. The fraction of sp³-hybridized carbons (Fsp3) is 0.143. The summed E-state index contributed by atoms with van der Waals surface area (Å²) < 4.78 is 3.06. The fourth-order valence-corrected chi connectivity index (χ4v) is 2.67. The van der Waals surface area contributed by atoms with Crippen molar-refractivity contribution < 1.29 is 9.90 Å². The Kier molecular flexibility index (Phi) is 3.92. The first-order chi connectivity index (χ1) is 10.6. The van der Waals surface area contributed by atoms with Crippen LogP contribution in [0.1, 0.15) is 5.56 Å². The lowest BCUT2D eigenvalue weighted by Crippen LogP contribution is -2.22. The van der Waals surface area contributed by atoms with E-state index in [1.165, 1.54) is 4.40 Å². The Hall–Kier alpha value is -2.61. The highest BCUT2D eigenvalue weighted by Gasteiger charge is 2.12. The van der Waals surface area contributed by atoms with Crippen molar-refractivity contribution in [3.63, 3.8) is 0 Å². The summed E-state index contributed by atoms with van der Waals surface area (Å²) in [7, 11) is 0. The molecule has 2 aromatic heterocycles. The highest BCUT2D eigenvalue weighted by atomic mass is 32.2. The number of aromatic nitrogens is 4. The van der Waals surface area contributed by atoms with E-state index in [1.54, 1.807) is 17.0 Å². The van der Waals surface area contributed by atoms with Crippen LogP contribution in [-0.2, 0) is 11.3 Å². The van der Waals surface area contributed by atoms with Crippen LogP contribution in [0.15, 0.2) is 52.7 Å². The number of carboxylic acids is 1. The molecule has 0 saturated carbocycles. The number of hydrogen-bond acceptors (Lipinski definition) is 5. The van der Waals surface area contributed by atoms with Crippen molar-refractivity contribution in [2.24, 2.45) is 0 Å². The molecule has 0 aliphatic carbocycles. The van der Waals surface area contributed by atoms with Gasteiger partial charge in [-0.05, 0) is 5.56 Å². The van der Waals surface area contributed by atoms with E-state index in [9.17, 15) is 9.59 Å². The van der Waals surface area contributed by atoms with Crippen LogP contribution in [-0.4, -0.2) is 36.0 Å². The Morgan fingerprint density at radius 1 is 1.18 bits per heavy atom. The first-order valence-corrected chi connectivity index (χ1v) is 7.46. The lowest BCUT2D eigenvalue weighted by molar-refractivity contribution is -0.133. The topological polar surface area (TPSA) is 89.5 Å². The minimum Gasteiger partial charge on any atom is -0.481 e. The van der Waals surface area contributed by atoms with Crippen molar-refractivity contribution in [1.29, 1.82) is 0 Å². The molecule has 0 aliphatic rings. The van der Waals surface area contributed by atoms with Crippen molar-refractivity contribution in [2.45, 2.75) is 11.7 Å². The Bertz CT molecular complexity index is 873. The molecule has 22 heavy (non-hydrogen) atoms. The molecule has 0 amide bonds. The van der Waals surface area contributed by atoms with Crippen molar-refractivity contribution in [2.75, 3.05) is 5.75 Å². The van der Waals surface area contributed by atoms with Gasteiger partial charge in [0.05, 0.1) is 12.3 Å². The summed E-state index contributed by atoms with van der Waals surface area (Å²) in [5.41, 5.74) is 0.932. The van der Waals surface area contributed by atoms with E-state index < -0.39 is 5.97 Å². The van der Waals surface area contributed by atoms with Crippen molar-refractivity contribution in [1.82, 2.24) is 19.2 Å². The van der Waals surface area contributed by atoms with Crippen molar-refractivity contribution >= 4 is 23.4 Å². The molecule has 3 aromatic rings. The minimum absolute atomic E-state index is 0.131. The number of aliphatic carboxylic acids is 1. The van der Waals surface area contributed by atoms with E-state index in [0.717, 1.165) is 17.3 Å². The van der Waals surface area contributed by atoms with Crippen LogP contribution in [0.25, 0.3) is 5.65 Å². The average molecular weight is 316 g/mol. The summed E-state index contributed by atoms with van der Waals surface area (Å²) in [4.78, 5) is 23.0. The summed E-state index contributed by atoms with van der Waals surface area (Å²) >= 11 is 1.02. The van der Waals surface area contributed by atoms with Gasteiger partial charge in [0.15, 0.2) is 5.16 Å². The van der Waals surface area contributed by atoms with Gasteiger partial charge in [-0.2, -0.15) is 0 Å². The van der Waals surface area contributed by atoms with Gasteiger partial charge in [-0.3, -0.25) is 14.0 Å². The highest BCUT2D eigenvalue weighted by molar-refractivity contribution is 7.99. The number of thioether (sulfide) groups is 1. The van der Waals surface area contributed by atoms with E-state index in [4.69, 9.17) is 5.11 Å². The molecule has 0 aliphatic heterocycles. The third-order valence-electron chi connectivity index (χ3n) is 3.03. The number of rotatable bonds is 5. The Morgan fingerprint density at radius 2 is 1.95 bits per heavy atom. The number of fused-ring (bicyclic) bond motifs is 1. The molecule has 0 bridgehead atoms. The Morgan fingerprint density at radius 3 is 2.68 bits per heavy atom. The number of benzene rings is 1. The second-order valence-corrected chi connectivity index (χ2v) is 5.52. The first kappa shape index (κ1) is 14.3. The molecule has 2 heterocycles. The normalized spacial score (nSPS) is 10.9. The van der Waals surface area contributed by atoms with Gasteiger partial charge in [0.25, 0.3) is 5.56 Å². The predicted molar refractivity (Wildman–Crippen MR) is 81.2 cm³/mol. The largest absolute Gasteiger partial charge is 0.481 e. The smallest absolute Gasteiger partial charge is 0.313 e. The maximum Gasteiger partial charge on any atom is 0.313 e. The summed E-state index contributed by atoms with van der Waals surface area (Å²) in [6.45, 7) is 0.445. The van der Waals surface area contributed by atoms with Gasteiger partial charge in [0.2, 0.25) is 5.65 Å². The van der Waals surface area contributed by atoms with Gasteiger partial charge in [-0.1, -0.05) is 42.1 Å². The summed E-state index contributed by atoms with van der Waals surface area (Å²) in [5.74, 6) is -1.08. The number of carboxylic acid groups (broad SMARTS) is 1. The maximum atomic E-state index is 12.4. The third kappa shape index (κ3) is 2.86. The second kappa shape index (κ2) is 6.02. The van der Waals surface area contributed by atoms with Gasteiger partial charge in [-0.15, -0.1) is 10.2 Å². The van der Waals surface area contributed by atoms with Crippen LogP contribution >= 0.6 is 11.8 Å². The molecule has 1 N–H and O–H groups in total. The average Bonchev–Trinajstić information content (AvgIpc) is 2.93. The van der Waals surface area contributed by atoms with Crippen molar-refractivity contribution in [3.05, 3.63) is 58.6 Å². The summed E-state index contributed by atoms with van der Waals surface area (Å²) in [6, 6.07) is 9.62. The molecular formula is C14H12N4O3S. The molecule has 0 unspecified atom stereocenters. The Balaban J connectivity index is 1.93. The minimum atomic E-state index is -0.945. The maximum absolute atomic E-state index is 12.4. The quantitative estimate of drug-likeness (QED) is 0.709. The number of carbonyl (C=O) groups is 1. The van der Waals surface area contributed by atoms with Gasteiger partial charge >= 0.3 is 5.97 Å². The van der Waals surface area contributed by atoms with Gasteiger partial charge in [0.1, 0.15) is 0 Å². The SMILES string of the molecule is O=C(O)CSc1nnc2c(=O)n(Cc3ccccc3)ccn12. The molecule has 0 spiro atoms. The predicted octanol–water partition coefficient (Wildman–Crippen LogP) is 1.12. The molecule has 1 aromatic carbocycles. The highest BCUT2D eigenvalue weighted by Crippen LogP contribution is 2.14. The molecule has 0 atom stereocenters. The lowest BCUT2D eigenvalue weighted by Gasteiger charge is -2.06. The molecule has 0 radical (unpaired) electrons. The molecule has 112 valence electrons. The van der Waals surface area contributed by atoms with Gasteiger partial charge < -0.3 is 9.67 Å². The lowest BCUT2D eigenvalue weighted by atomic mass is 10.2. The third-order valence-corrected chi connectivity index (χ3v) is 3.96. The van der Waals surface area contributed by atoms with E-state index in [0.29, 0.717) is 11.7 Å². The van der Waals surface area contributed by atoms with Crippen LogP contribution in [0.5, 0.6) is 0 Å². The van der Waals surface area contributed by atoms with E-state index in [1.807, 2.05) is 30.3 Å². The van der Waals surface area contributed by atoms with Gasteiger partial charge in [0, 0.05) is 12.4 Å². The monoisotopic (exact) mass is 316 g/mol. The summed E-state index contributed by atoms with van der Waals surface area (Å²) in [6.07, 6.45) is 3.32. The van der Waals surface area contributed by atoms with Crippen LogP contribution in [0, 0.1) is 0 Å². The Labute approximate surface area is 129 Å². The number of nitrogens with zero attached hydrogens (tertiary/aromatic N) is 4. The van der Waals surface area contributed by atoms with E-state index in [2.05, 4.69) is 10.2 Å². The molecule has 0 saturated heterocycles. The molecule has 0 fully saturated rings. The fourth-order valence-electron chi connectivity index (χ4n) is 2.03. The zero-order valence-electron chi connectivity index (χ0n) is 11.4. The second-order valence-electron chi connectivity index (χ2n) is 4.58. The summed E-state index contributed by atoms with van der Waals surface area (Å²) in [5, 5.41) is 16.8. The van der Waals surface area contributed by atoms with E-state index in [-0.39, 0.29) is 17.0 Å². The zero-order chi connectivity index (χ0) is 15.5. The van der Waals surface area contributed by atoms with Crippen LogP contribution in [0.3, 0.4) is 0 Å². The molecule has 3 rings (SSSR count). The van der Waals surface area contributed by atoms with Gasteiger partial charge in [-0.25, -0.2) is 0 Å². The van der Waals surface area contributed by atoms with E-state index >= 15 is 0 Å². The zero-order valence-corrected chi connectivity index (χ0v) is 12.2. The molecular weight excluding hydrogens is 304 g/mol.